The predicted molar refractivity (Wildman–Crippen MR) is 111 cm³/mol. The summed E-state index contributed by atoms with van der Waals surface area (Å²) < 4.78 is 46.9. The summed E-state index contributed by atoms with van der Waals surface area (Å²) in [5.74, 6) is -0.419. The average molecular weight is 439 g/mol. The summed E-state index contributed by atoms with van der Waals surface area (Å²) in [6.45, 7) is 0.674. The Kier molecular flexibility index (Phi) is 7.82. The molecule has 1 aromatic carbocycles. The van der Waals surface area contributed by atoms with Crippen molar-refractivity contribution in [1.82, 2.24) is 15.0 Å². The number of nitrogens with one attached hydrogen (secondary N) is 1. The maximum atomic E-state index is 13.4. The van der Waals surface area contributed by atoms with Gasteiger partial charge in [0.15, 0.2) is 0 Å². The topological polar surface area (TPSA) is 66.4 Å². The van der Waals surface area contributed by atoms with Crippen molar-refractivity contribution in [2.75, 3.05) is 20.7 Å². The highest BCUT2D eigenvalue weighted by Gasteiger charge is 2.35. The first-order chi connectivity index (χ1) is 14.7. The highest BCUT2D eigenvalue weighted by molar-refractivity contribution is 6.23. The van der Waals surface area contributed by atoms with Crippen LogP contribution in [0.15, 0.2) is 29.3 Å². The molecule has 0 saturated heterocycles. The van der Waals surface area contributed by atoms with E-state index in [1.165, 1.54) is 25.8 Å². The Labute approximate surface area is 180 Å². The summed E-state index contributed by atoms with van der Waals surface area (Å²) in [7, 11) is 4.95. The van der Waals surface area contributed by atoms with Gasteiger partial charge in [-0.1, -0.05) is 12.1 Å². The van der Waals surface area contributed by atoms with Crippen LogP contribution in [0, 0.1) is 0 Å². The van der Waals surface area contributed by atoms with Gasteiger partial charge in [0, 0.05) is 33.3 Å². The second-order valence-corrected chi connectivity index (χ2v) is 7.92. The number of hydrogen-bond acceptors (Lipinski definition) is 6. The van der Waals surface area contributed by atoms with Gasteiger partial charge in [-0.05, 0) is 49.4 Å². The van der Waals surface area contributed by atoms with Gasteiger partial charge in [-0.3, -0.25) is 9.79 Å². The van der Waals surface area contributed by atoms with Gasteiger partial charge in [0.05, 0.1) is 6.34 Å². The molecule has 1 N–H and O–H groups in total. The van der Waals surface area contributed by atoms with Crippen molar-refractivity contribution < 1.29 is 27.4 Å². The van der Waals surface area contributed by atoms with Crippen LogP contribution in [0.4, 0.5) is 13.2 Å². The van der Waals surface area contributed by atoms with Crippen LogP contribution in [0.3, 0.4) is 0 Å². The van der Waals surface area contributed by atoms with E-state index in [-0.39, 0.29) is 30.3 Å². The van der Waals surface area contributed by atoms with Crippen LogP contribution in [0.5, 0.6) is 5.75 Å². The van der Waals surface area contributed by atoms with E-state index in [0.717, 1.165) is 25.7 Å². The Hall–Kier alpha value is -2.27. The zero-order valence-electron chi connectivity index (χ0n) is 17.6. The molecule has 7 nitrogen and oxygen atoms in total. The van der Waals surface area contributed by atoms with E-state index in [1.807, 2.05) is 11.9 Å². The lowest BCUT2D eigenvalue weighted by Crippen LogP contribution is -2.50. The number of alkyl halides is 3. The Morgan fingerprint density at radius 3 is 2.87 bits per heavy atom. The third-order valence-electron chi connectivity index (χ3n) is 5.47. The SMILES string of the molecule is CO[B]NC1CCCC(N(Cc2cccc(OC(F)(F)F)c2)C(=O)C2CN(C)C=N2)C1. The zero-order valence-corrected chi connectivity index (χ0v) is 17.6. The minimum atomic E-state index is -4.77. The first kappa shape index (κ1) is 23.4. The van der Waals surface area contributed by atoms with Crippen molar-refractivity contribution >= 4 is 19.9 Å². The number of aliphatic imine (C=N–C) groups is 1. The van der Waals surface area contributed by atoms with Gasteiger partial charge < -0.3 is 24.4 Å². The Bertz CT molecular complexity index is 780. The average Bonchev–Trinajstić information content (AvgIpc) is 3.15. The maximum Gasteiger partial charge on any atom is 0.573 e. The number of carbonyl (C=O) groups excluding carboxylic acids is 1. The summed E-state index contributed by atoms with van der Waals surface area (Å²) >= 11 is 0. The molecule has 3 unspecified atom stereocenters. The van der Waals surface area contributed by atoms with Crippen molar-refractivity contribution in [3.8, 4) is 5.75 Å². The molecular weight excluding hydrogens is 412 g/mol. The maximum absolute atomic E-state index is 13.4. The molecule has 0 aromatic heterocycles. The summed E-state index contributed by atoms with van der Waals surface area (Å²) in [6.07, 6.45) is 0.291. The summed E-state index contributed by atoms with van der Waals surface area (Å²) in [5.41, 5.74) is 0.573. The van der Waals surface area contributed by atoms with Gasteiger partial charge in [-0.25, -0.2) is 0 Å². The number of benzene rings is 1. The molecule has 0 spiro atoms. The number of amides is 1. The highest BCUT2D eigenvalue weighted by atomic mass is 19.4. The lowest BCUT2D eigenvalue weighted by Gasteiger charge is -2.38. The molecule has 1 heterocycles. The Morgan fingerprint density at radius 2 is 2.19 bits per heavy atom. The van der Waals surface area contributed by atoms with Crippen molar-refractivity contribution in [1.29, 1.82) is 0 Å². The van der Waals surface area contributed by atoms with Crippen molar-refractivity contribution in [3.05, 3.63) is 29.8 Å². The molecule has 1 aliphatic carbocycles. The largest absolute Gasteiger partial charge is 0.573 e. The Balaban J connectivity index is 1.78. The predicted octanol–water partition coefficient (Wildman–Crippen LogP) is 2.34. The van der Waals surface area contributed by atoms with Crippen molar-refractivity contribution in [2.45, 2.75) is 56.7 Å². The van der Waals surface area contributed by atoms with E-state index in [2.05, 4.69) is 15.0 Å². The molecule has 169 valence electrons. The molecule has 3 rings (SSSR count). The fourth-order valence-corrected chi connectivity index (χ4v) is 4.08. The van der Waals surface area contributed by atoms with Crippen LogP contribution < -0.4 is 9.96 Å². The number of ether oxygens (including phenoxy) is 1. The molecule has 1 aromatic rings. The number of rotatable bonds is 8. The van der Waals surface area contributed by atoms with E-state index in [0.29, 0.717) is 12.1 Å². The van der Waals surface area contributed by atoms with Crippen LogP contribution >= 0.6 is 0 Å². The molecule has 0 bridgehead atoms. The van der Waals surface area contributed by atoms with Gasteiger partial charge in [-0.15, -0.1) is 13.2 Å². The van der Waals surface area contributed by atoms with Crippen LogP contribution in [-0.4, -0.2) is 74.9 Å². The quantitative estimate of drug-likeness (QED) is 0.631. The molecule has 1 amide bonds. The number of hydrogen-bond donors (Lipinski definition) is 1. The normalized spacial score (nSPS) is 23.6. The van der Waals surface area contributed by atoms with Gasteiger partial charge in [0.25, 0.3) is 0 Å². The molecule has 2 aliphatic rings. The number of halogens is 3. The highest BCUT2D eigenvalue weighted by Crippen LogP contribution is 2.28. The molecule has 1 fully saturated rings. The second kappa shape index (κ2) is 10.4. The zero-order chi connectivity index (χ0) is 22.4. The van der Waals surface area contributed by atoms with E-state index in [4.69, 9.17) is 4.65 Å². The molecule has 1 aliphatic heterocycles. The van der Waals surface area contributed by atoms with Gasteiger partial charge in [-0.2, -0.15) is 0 Å². The first-order valence-electron chi connectivity index (χ1n) is 10.2. The standard InChI is InChI=1S/C20H27BF3N4O3/c1-27-12-18(25-13-27)19(29)28(16-7-4-6-15(10-16)26-21-30-2)11-14-5-3-8-17(9-14)31-20(22,23)24/h3,5,8-9,13,15-16,18,26H,4,6-7,10-12H2,1-2H3. The molecule has 31 heavy (non-hydrogen) atoms. The summed E-state index contributed by atoms with van der Waals surface area (Å²) in [4.78, 5) is 21.3. The fourth-order valence-electron chi connectivity index (χ4n) is 4.08. The molecular formula is C20H27BF3N4O3. The van der Waals surface area contributed by atoms with E-state index >= 15 is 0 Å². The number of carbonyl (C=O) groups is 1. The molecule has 11 heteroatoms. The number of nitrogens with zero attached hydrogens (tertiary/aromatic N) is 3. The van der Waals surface area contributed by atoms with Crippen LogP contribution in [0.25, 0.3) is 0 Å². The second-order valence-electron chi connectivity index (χ2n) is 7.92. The lowest BCUT2D eigenvalue weighted by atomic mass is 9.88. The summed E-state index contributed by atoms with van der Waals surface area (Å²) in [5, 5.41) is 3.20. The third kappa shape index (κ3) is 6.86. The smallest absolute Gasteiger partial charge is 0.427 e. The molecule has 3 atom stereocenters. The molecule has 1 saturated carbocycles. The molecule has 1 radical (unpaired) electrons. The van der Waals surface area contributed by atoms with E-state index in [9.17, 15) is 18.0 Å². The van der Waals surface area contributed by atoms with Crippen LogP contribution in [0.1, 0.15) is 31.2 Å². The third-order valence-corrected chi connectivity index (χ3v) is 5.47. The van der Waals surface area contributed by atoms with Crippen LogP contribution in [-0.2, 0) is 16.0 Å². The first-order valence-corrected chi connectivity index (χ1v) is 10.2. The van der Waals surface area contributed by atoms with Crippen molar-refractivity contribution in [3.63, 3.8) is 0 Å². The van der Waals surface area contributed by atoms with Gasteiger partial charge >= 0.3 is 14.0 Å². The van der Waals surface area contributed by atoms with E-state index < -0.39 is 12.4 Å². The minimum Gasteiger partial charge on any atom is -0.427 e. The van der Waals surface area contributed by atoms with E-state index in [1.54, 1.807) is 24.4 Å². The summed E-state index contributed by atoms with van der Waals surface area (Å²) in [6, 6.07) is 5.36. The van der Waals surface area contributed by atoms with Gasteiger partial charge in [0.1, 0.15) is 11.8 Å². The lowest BCUT2D eigenvalue weighted by molar-refractivity contribution is -0.274. The van der Waals surface area contributed by atoms with Crippen molar-refractivity contribution in [2.24, 2.45) is 4.99 Å². The fraction of sp³-hybridized carbons (Fsp3) is 0.600. The van der Waals surface area contributed by atoms with Crippen LogP contribution in [0.2, 0.25) is 0 Å². The minimum absolute atomic E-state index is 0.0581. The number of likely N-dealkylation sites (N-methyl/N-ethyl adjacent to an activating group) is 1. The van der Waals surface area contributed by atoms with Gasteiger partial charge in [0.2, 0.25) is 5.91 Å². The monoisotopic (exact) mass is 439 g/mol. The Morgan fingerprint density at radius 1 is 1.39 bits per heavy atom.